The summed E-state index contributed by atoms with van der Waals surface area (Å²) < 4.78 is 26.0. The van der Waals surface area contributed by atoms with Gasteiger partial charge in [0.25, 0.3) is 5.69 Å². The number of halogens is 2. The van der Waals surface area contributed by atoms with Gasteiger partial charge in [0.2, 0.25) is 21.8 Å². The fraction of sp³-hybridized carbons (Fsp3) is 0.417. The Bertz CT molecular complexity index is 1240. The van der Waals surface area contributed by atoms with E-state index in [1.54, 1.807) is 25.1 Å². The Hall–Kier alpha value is -2.89. The highest BCUT2D eigenvalue weighted by molar-refractivity contribution is 7.92. The van der Waals surface area contributed by atoms with E-state index in [0.29, 0.717) is 17.1 Å². The van der Waals surface area contributed by atoms with Crippen LogP contribution in [0.25, 0.3) is 0 Å². The minimum atomic E-state index is -4.02. The largest absolute Gasteiger partial charge is 0.354 e. The first-order valence-corrected chi connectivity index (χ1v) is 14.2. The molecule has 2 aromatic rings. The molecule has 0 bridgehead atoms. The van der Waals surface area contributed by atoms with Crippen LogP contribution < -0.4 is 9.62 Å². The van der Waals surface area contributed by atoms with E-state index in [2.05, 4.69) is 5.32 Å². The first-order valence-electron chi connectivity index (χ1n) is 11.6. The lowest BCUT2D eigenvalue weighted by Gasteiger charge is -2.33. The van der Waals surface area contributed by atoms with Crippen molar-refractivity contribution in [3.05, 3.63) is 68.2 Å². The molecule has 1 atom stereocenters. The summed E-state index contributed by atoms with van der Waals surface area (Å²) >= 11 is 12.2. The van der Waals surface area contributed by atoms with Gasteiger partial charge in [0.1, 0.15) is 12.6 Å². The molecular formula is C24H30Cl2N4O6S. The van der Waals surface area contributed by atoms with Crippen LogP contribution in [0.1, 0.15) is 38.7 Å². The van der Waals surface area contributed by atoms with Crippen LogP contribution in [0.4, 0.5) is 11.4 Å². The number of nitrogens with one attached hydrogen (secondary N) is 1. The van der Waals surface area contributed by atoms with Crippen LogP contribution in [0.3, 0.4) is 0 Å². The summed E-state index contributed by atoms with van der Waals surface area (Å²) in [5.41, 5.74) is 0.219. The molecule has 0 heterocycles. The van der Waals surface area contributed by atoms with Crippen molar-refractivity contribution in [1.82, 2.24) is 10.2 Å². The highest BCUT2D eigenvalue weighted by atomic mass is 35.5. The van der Waals surface area contributed by atoms with E-state index in [0.717, 1.165) is 29.5 Å². The SMILES string of the molecule is CCCCNC(=O)C(CC)N(Cc1ccc(Cl)c(Cl)c1)C(=O)CN(c1cccc([N+](=O)[O-])c1)S(C)(=O)=O. The number of sulfonamides is 1. The molecule has 0 saturated heterocycles. The number of nitro groups is 1. The minimum Gasteiger partial charge on any atom is -0.354 e. The monoisotopic (exact) mass is 572 g/mol. The summed E-state index contributed by atoms with van der Waals surface area (Å²) in [4.78, 5) is 38.5. The standard InChI is InChI=1S/C24H30Cl2N4O6S/c1-4-6-12-27-24(32)22(5-2)28(15-17-10-11-20(25)21(26)13-17)23(31)16-29(37(3,35)36)18-8-7-9-19(14-18)30(33)34/h7-11,13-14,22H,4-6,12,15-16H2,1-3H3,(H,27,32). The van der Waals surface area contributed by atoms with Crippen LogP contribution in [-0.2, 0) is 26.2 Å². The second kappa shape index (κ2) is 13.6. The van der Waals surface area contributed by atoms with E-state index < -0.39 is 33.4 Å². The highest BCUT2D eigenvalue weighted by Crippen LogP contribution is 2.26. The molecule has 1 unspecified atom stereocenters. The number of non-ortho nitro benzene ring substituents is 1. The molecule has 0 radical (unpaired) electrons. The number of rotatable bonds is 13. The van der Waals surface area contributed by atoms with Crippen molar-refractivity contribution in [2.45, 2.75) is 45.7 Å². The summed E-state index contributed by atoms with van der Waals surface area (Å²) in [6.07, 6.45) is 2.80. The third-order valence-corrected chi connectivity index (χ3v) is 7.44. The van der Waals surface area contributed by atoms with Crippen LogP contribution in [-0.4, -0.2) is 55.4 Å². The quantitative estimate of drug-likeness (QED) is 0.215. The Morgan fingerprint density at radius 1 is 1.11 bits per heavy atom. The van der Waals surface area contributed by atoms with Crippen molar-refractivity contribution in [3.63, 3.8) is 0 Å². The van der Waals surface area contributed by atoms with Gasteiger partial charge >= 0.3 is 0 Å². The van der Waals surface area contributed by atoms with Gasteiger partial charge in [0.05, 0.1) is 26.9 Å². The van der Waals surface area contributed by atoms with E-state index in [1.807, 2.05) is 6.92 Å². The number of carbonyl (C=O) groups excluding carboxylic acids is 2. The van der Waals surface area contributed by atoms with Crippen molar-refractivity contribution in [2.75, 3.05) is 23.7 Å². The first-order chi connectivity index (χ1) is 17.4. The smallest absolute Gasteiger partial charge is 0.271 e. The van der Waals surface area contributed by atoms with E-state index in [9.17, 15) is 28.1 Å². The highest BCUT2D eigenvalue weighted by Gasteiger charge is 2.32. The van der Waals surface area contributed by atoms with Crippen molar-refractivity contribution in [3.8, 4) is 0 Å². The average Bonchev–Trinajstić information content (AvgIpc) is 2.84. The number of hydrogen-bond acceptors (Lipinski definition) is 6. The second-order valence-electron chi connectivity index (χ2n) is 8.39. The summed E-state index contributed by atoms with van der Waals surface area (Å²) in [6, 6.07) is 8.88. The summed E-state index contributed by atoms with van der Waals surface area (Å²) in [5, 5.41) is 14.6. The third-order valence-electron chi connectivity index (χ3n) is 5.56. The van der Waals surface area contributed by atoms with E-state index in [4.69, 9.17) is 23.2 Å². The van der Waals surface area contributed by atoms with E-state index in [1.165, 1.54) is 23.1 Å². The predicted octanol–water partition coefficient (Wildman–Crippen LogP) is 4.39. The van der Waals surface area contributed by atoms with Crippen molar-refractivity contribution >= 4 is 56.4 Å². The molecule has 10 nitrogen and oxygen atoms in total. The summed E-state index contributed by atoms with van der Waals surface area (Å²) in [5.74, 6) is -1.04. The van der Waals surface area contributed by atoms with Crippen molar-refractivity contribution < 1.29 is 22.9 Å². The van der Waals surface area contributed by atoms with Crippen LogP contribution in [0.2, 0.25) is 10.0 Å². The van der Waals surface area contributed by atoms with Gasteiger partial charge < -0.3 is 10.2 Å². The summed E-state index contributed by atoms with van der Waals surface area (Å²) in [6.45, 7) is 3.46. The average molecular weight is 573 g/mol. The number of nitro benzene ring substituents is 1. The molecular weight excluding hydrogens is 543 g/mol. The van der Waals surface area contributed by atoms with Crippen molar-refractivity contribution in [2.24, 2.45) is 0 Å². The Kier molecular flexibility index (Phi) is 11.1. The molecule has 0 aliphatic carbocycles. The summed E-state index contributed by atoms with van der Waals surface area (Å²) in [7, 11) is -4.02. The molecule has 1 N–H and O–H groups in total. The third kappa shape index (κ3) is 8.58. The number of benzene rings is 2. The number of nitrogens with zero attached hydrogens (tertiary/aromatic N) is 3. The Labute approximate surface area is 226 Å². The molecule has 2 rings (SSSR count). The Balaban J connectivity index is 2.46. The minimum absolute atomic E-state index is 0.0397. The van der Waals surface area contributed by atoms with Gasteiger partial charge in [-0.05, 0) is 36.6 Å². The molecule has 202 valence electrons. The van der Waals surface area contributed by atoms with Crippen LogP contribution in [0.15, 0.2) is 42.5 Å². The molecule has 0 saturated carbocycles. The molecule has 37 heavy (non-hydrogen) atoms. The number of hydrogen-bond donors (Lipinski definition) is 1. The number of anilines is 1. The molecule has 13 heteroatoms. The van der Waals surface area contributed by atoms with Gasteiger partial charge in [-0.2, -0.15) is 0 Å². The number of amides is 2. The molecule has 0 fully saturated rings. The molecule has 0 spiro atoms. The fourth-order valence-corrected chi connectivity index (χ4v) is 4.80. The van der Waals surface area contributed by atoms with Gasteiger partial charge in [-0.3, -0.25) is 24.0 Å². The van der Waals surface area contributed by atoms with E-state index >= 15 is 0 Å². The van der Waals surface area contributed by atoms with Gasteiger partial charge in [0.15, 0.2) is 0 Å². The fourth-order valence-electron chi connectivity index (χ4n) is 3.64. The lowest BCUT2D eigenvalue weighted by atomic mass is 10.1. The second-order valence-corrected chi connectivity index (χ2v) is 11.1. The number of unbranched alkanes of at least 4 members (excludes halogenated alkanes) is 1. The lowest BCUT2D eigenvalue weighted by molar-refractivity contribution is -0.384. The van der Waals surface area contributed by atoms with Gasteiger partial charge in [0, 0.05) is 25.2 Å². The molecule has 0 aliphatic rings. The van der Waals surface area contributed by atoms with Gasteiger partial charge in [-0.25, -0.2) is 8.42 Å². The maximum atomic E-state index is 13.6. The maximum Gasteiger partial charge on any atom is 0.271 e. The number of carbonyl (C=O) groups is 2. The molecule has 2 aromatic carbocycles. The van der Waals surface area contributed by atoms with Crippen molar-refractivity contribution in [1.29, 1.82) is 0 Å². The lowest BCUT2D eigenvalue weighted by Crippen LogP contribution is -2.52. The zero-order valence-electron chi connectivity index (χ0n) is 20.8. The molecule has 0 aliphatic heterocycles. The van der Waals surface area contributed by atoms with Crippen LogP contribution in [0, 0.1) is 10.1 Å². The topological polar surface area (TPSA) is 130 Å². The zero-order chi connectivity index (χ0) is 27.8. The van der Waals surface area contributed by atoms with Gasteiger partial charge in [-0.15, -0.1) is 0 Å². The van der Waals surface area contributed by atoms with Crippen LogP contribution in [0.5, 0.6) is 0 Å². The predicted molar refractivity (Wildman–Crippen MR) is 144 cm³/mol. The van der Waals surface area contributed by atoms with Crippen LogP contribution >= 0.6 is 23.2 Å². The zero-order valence-corrected chi connectivity index (χ0v) is 23.1. The molecule has 0 aromatic heterocycles. The maximum absolute atomic E-state index is 13.6. The Morgan fingerprint density at radius 3 is 2.38 bits per heavy atom. The van der Waals surface area contributed by atoms with Gasteiger partial charge in [-0.1, -0.05) is 55.6 Å². The normalized spacial score (nSPS) is 12.0. The molecule has 2 amide bonds. The van der Waals surface area contributed by atoms with E-state index in [-0.39, 0.29) is 35.3 Å². The Morgan fingerprint density at radius 2 is 1.81 bits per heavy atom. The first kappa shape index (κ1) is 30.3.